The largest absolute Gasteiger partial charge is 0.444 e. The van der Waals surface area contributed by atoms with Crippen molar-refractivity contribution in [1.29, 1.82) is 0 Å². The van der Waals surface area contributed by atoms with Gasteiger partial charge in [-0.2, -0.15) is 0 Å². The smallest absolute Gasteiger partial charge is 0.226 e. The van der Waals surface area contributed by atoms with Crippen LogP contribution in [0.2, 0.25) is 0 Å². The van der Waals surface area contributed by atoms with Crippen molar-refractivity contribution in [3.63, 3.8) is 0 Å². The summed E-state index contributed by atoms with van der Waals surface area (Å²) in [5.74, 6) is 0.637. The second kappa shape index (κ2) is 7.79. The fraction of sp³-hybridized carbons (Fsp3) is 0.400. The van der Waals surface area contributed by atoms with Crippen LogP contribution >= 0.6 is 0 Å². The first-order valence-electron chi connectivity index (χ1n) is 6.70. The second-order valence-corrected chi connectivity index (χ2v) is 4.52. The molecule has 0 aliphatic heterocycles. The van der Waals surface area contributed by atoms with E-state index in [1.807, 2.05) is 31.2 Å². The normalized spacial score (nSPS) is 10.9. The highest BCUT2D eigenvalue weighted by atomic mass is 16.5. The Bertz CT molecular complexity index is 508. The number of aliphatic hydroxyl groups excluding tert-OH is 1. The maximum atomic E-state index is 8.56. The summed E-state index contributed by atoms with van der Waals surface area (Å²) >= 11 is 0. The molecule has 0 aliphatic carbocycles. The number of hydrogen-bond acceptors (Lipinski definition) is 5. The van der Waals surface area contributed by atoms with E-state index < -0.39 is 0 Å². The number of aryl methyl sites for hydroxylation is 1. The Morgan fingerprint density at radius 1 is 1.25 bits per heavy atom. The summed E-state index contributed by atoms with van der Waals surface area (Å²) in [6.45, 7) is 4.41. The summed E-state index contributed by atoms with van der Waals surface area (Å²) in [7, 11) is 0. The van der Waals surface area contributed by atoms with Gasteiger partial charge in [0.15, 0.2) is 0 Å². The number of aliphatic hydroxyl groups is 1. The van der Waals surface area contributed by atoms with Gasteiger partial charge in [-0.05, 0) is 19.1 Å². The molecule has 5 heteroatoms. The van der Waals surface area contributed by atoms with Crippen molar-refractivity contribution in [1.82, 2.24) is 10.3 Å². The van der Waals surface area contributed by atoms with Crippen molar-refractivity contribution in [2.75, 3.05) is 26.4 Å². The Labute approximate surface area is 118 Å². The standard InChI is InChI=1S/C15H20N2O3/c1-12-2-4-13(5-3-12)15-17-14(11-20-15)10-16-6-8-19-9-7-18/h2-5,11,16,18H,6-10H2,1H3. The summed E-state index contributed by atoms with van der Waals surface area (Å²) in [6, 6.07) is 8.08. The zero-order valence-electron chi connectivity index (χ0n) is 11.6. The lowest BCUT2D eigenvalue weighted by Gasteiger charge is -2.02. The quantitative estimate of drug-likeness (QED) is 0.719. The van der Waals surface area contributed by atoms with Crippen molar-refractivity contribution < 1.29 is 14.3 Å². The fourth-order valence-electron chi connectivity index (χ4n) is 1.74. The number of benzene rings is 1. The molecule has 0 aliphatic rings. The van der Waals surface area contributed by atoms with Gasteiger partial charge in [-0.3, -0.25) is 0 Å². The first-order valence-corrected chi connectivity index (χ1v) is 6.70. The molecular formula is C15H20N2O3. The summed E-state index contributed by atoms with van der Waals surface area (Å²) in [5, 5.41) is 11.8. The highest BCUT2D eigenvalue weighted by Crippen LogP contribution is 2.18. The van der Waals surface area contributed by atoms with Crippen molar-refractivity contribution in [3.8, 4) is 11.5 Å². The van der Waals surface area contributed by atoms with Crippen LogP contribution in [0.4, 0.5) is 0 Å². The maximum absolute atomic E-state index is 8.56. The van der Waals surface area contributed by atoms with Crippen LogP contribution in [0.25, 0.3) is 11.5 Å². The number of oxazole rings is 1. The molecule has 0 atom stereocenters. The lowest BCUT2D eigenvalue weighted by Crippen LogP contribution is -2.20. The van der Waals surface area contributed by atoms with E-state index in [2.05, 4.69) is 10.3 Å². The van der Waals surface area contributed by atoms with E-state index in [0.717, 1.165) is 11.3 Å². The predicted molar refractivity (Wildman–Crippen MR) is 76.3 cm³/mol. The molecule has 0 saturated heterocycles. The highest BCUT2D eigenvalue weighted by Gasteiger charge is 2.05. The Hall–Kier alpha value is -1.69. The van der Waals surface area contributed by atoms with Gasteiger partial charge in [0.2, 0.25) is 5.89 Å². The molecule has 0 saturated carbocycles. The third-order valence-corrected chi connectivity index (χ3v) is 2.82. The molecule has 0 unspecified atom stereocenters. The average Bonchev–Trinajstić information content (AvgIpc) is 2.92. The Balaban J connectivity index is 1.79. The molecule has 5 nitrogen and oxygen atoms in total. The van der Waals surface area contributed by atoms with E-state index in [1.165, 1.54) is 5.56 Å². The molecule has 2 rings (SSSR count). The Morgan fingerprint density at radius 2 is 2.05 bits per heavy atom. The molecule has 20 heavy (non-hydrogen) atoms. The molecule has 0 bridgehead atoms. The third kappa shape index (κ3) is 4.45. The predicted octanol–water partition coefficient (Wildman–Crippen LogP) is 1.75. The molecule has 0 radical (unpaired) electrons. The summed E-state index contributed by atoms with van der Waals surface area (Å²) in [4.78, 5) is 4.43. The number of aromatic nitrogens is 1. The average molecular weight is 276 g/mol. The molecule has 1 heterocycles. The van der Waals surface area contributed by atoms with Gasteiger partial charge < -0.3 is 19.6 Å². The van der Waals surface area contributed by atoms with Crippen molar-refractivity contribution in [2.24, 2.45) is 0 Å². The minimum absolute atomic E-state index is 0.0587. The van der Waals surface area contributed by atoms with E-state index in [1.54, 1.807) is 6.26 Å². The van der Waals surface area contributed by atoms with Crippen LogP contribution in [0.15, 0.2) is 34.9 Å². The monoisotopic (exact) mass is 276 g/mol. The summed E-state index contributed by atoms with van der Waals surface area (Å²) in [5.41, 5.74) is 3.06. The van der Waals surface area contributed by atoms with Crippen LogP contribution in [0, 0.1) is 6.92 Å². The number of ether oxygens (including phenoxy) is 1. The van der Waals surface area contributed by atoms with Crippen LogP contribution in [-0.2, 0) is 11.3 Å². The van der Waals surface area contributed by atoms with Gasteiger partial charge in [-0.25, -0.2) is 4.98 Å². The van der Waals surface area contributed by atoms with E-state index in [-0.39, 0.29) is 6.61 Å². The zero-order chi connectivity index (χ0) is 14.2. The number of nitrogens with one attached hydrogen (secondary N) is 1. The lowest BCUT2D eigenvalue weighted by molar-refractivity contribution is 0.0937. The van der Waals surface area contributed by atoms with Gasteiger partial charge in [0.25, 0.3) is 0 Å². The van der Waals surface area contributed by atoms with Gasteiger partial charge in [0, 0.05) is 18.7 Å². The Kier molecular flexibility index (Phi) is 5.73. The SMILES string of the molecule is Cc1ccc(-c2nc(CNCCOCCO)co2)cc1. The van der Waals surface area contributed by atoms with E-state index in [9.17, 15) is 0 Å². The molecule has 108 valence electrons. The molecule has 0 fully saturated rings. The number of hydrogen-bond donors (Lipinski definition) is 2. The molecule has 0 amide bonds. The first-order chi connectivity index (χ1) is 9.79. The van der Waals surface area contributed by atoms with E-state index in [4.69, 9.17) is 14.3 Å². The second-order valence-electron chi connectivity index (χ2n) is 4.52. The third-order valence-electron chi connectivity index (χ3n) is 2.82. The van der Waals surface area contributed by atoms with Crippen LogP contribution in [0.3, 0.4) is 0 Å². The van der Waals surface area contributed by atoms with Gasteiger partial charge in [-0.15, -0.1) is 0 Å². The van der Waals surface area contributed by atoms with Gasteiger partial charge in [0.05, 0.1) is 25.5 Å². The molecular weight excluding hydrogens is 256 g/mol. The van der Waals surface area contributed by atoms with Crippen molar-refractivity contribution in [2.45, 2.75) is 13.5 Å². The fourth-order valence-corrected chi connectivity index (χ4v) is 1.74. The minimum atomic E-state index is 0.0587. The topological polar surface area (TPSA) is 67.5 Å². The zero-order valence-corrected chi connectivity index (χ0v) is 11.6. The summed E-state index contributed by atoms with van der Waals surface area (Å²) in [6.07, 6.45) is 1.66. The lowest BCUT2D eigenvalue weighted by atomic mass is 10.1. The van der Waals surface area contributed by atoms with Crippen LogP contribution in [-0.4, -0.2) is 36.5 Å². The molecule has 1 aromatic carbocycles. The minimum Gasteiger partial charge on any atom is -0.444 e. The molecule has 2 aromatic rings. The molecule has 0 spiro atoms. The van der Waals surface area contributed by atoms with Crippen LogP contribution in [0.5, 0.6) is 0 Å². The van der Waals surface area contributed by atoms with Crippen LogP contribution in [0.1, 0.15) is 11.3 Å². The highest BCUT2D eigenvalue weighted by molar-refractivity contribution is 5.53. The Morgan fingerprint density at radius 3 is 2.80 bits per heavy atom. The first kappa shape index (κ1) is 14.7. The number of nitrogens with zero attached hydrogens (tertiary/aromatic N) is 1. The van der Waals surface area contributed by atoms with Gasteiger partial charge in [0.1, 0.15) is 6.26 Å². The van der Waals surface area contributed by atoms with Crippen molar-refractivity contribution >= 4 is 0 Å². The van der Waals surface area contributed by atoms with Gasteiger partial charge in [-0.1, -0.05) is 17.7 Å². The van der Waals surface area contributed by atoms with Gasteiger partial charge >= 0.3 is 0 Å². The van der Waals surface area contributed by atoms with Crippen molar-refractivity contribution in [3.05, 3.63) is 41.8 Å². The van der Waals surface area contributed by atoms with E-state index in [0.29, 0.717) is 32.2 Å². The van der Waals surface area contributed by atoms with E-state index >= 15 is 0 Å². The maximum Gasteiger partial charge on any atom is 0.226 e. The summed E-state index contributed by atoms with van der Waals surface area (Å²) < 4.78 is 10.6. The van der Waals surface area contributed by atoms with Crippen LogP contribution < -0.4 is 5.32 Å². The molecule has 1 aromatic heterocycles. The number of rotatable bonds is 8. The molecule has 2 N–H and O–H groups in total.